The lowest BCUT2D eigenvalue weighted by atomic mass is 10.0. The summed E-state index contributed by atoms with van der Waals surface area (Å²) in [5.74, 6) is 0.625. The molecule has 1 fully saturated rings. The van der Waals surface area contributed by atoms with Crippen molar-refractivity contribution in [3.8, 4) is 11.8 Å². The molecular weight excluding hydrogens is 423 g/mol. The Hall–Kier alpha value is -3.25. The Morgan fingerprint density at radius 2 is 1.88 bits per heavy atom. The second-order valence-corrected chi connectivity index (χ2v) is 7.51. The van der Waals surface area contributed by atoms with E-state index in [2.05, 4.69) is 0 Å². The number of nitriles is 1. The minimum Gasteiger partial charge on any atom is -0.497 e. The van der Waals surface area contributed by atoms with Gasteiger partial charge in [0.25, 0.3) is 0 Å². The first-order valence-electron chi connectivity index (χ1n) is 10.0. The molecule has 1 amide bonds. The average molecular weight is 447 g/mol. The number of methoxy groups -OCH3 is 2. The molecule has 0 N–H and O–H groups in total. The Bertz CT molecular complexity index is 987. The summed E-state index contributed by atoms with van der Waals surface area (Å²) in [6, 6.07) is 12.2. The van der Waals surface area contributed by atoms with Crippen molar-refractivity contribution >= 4 is 11.6 Å². The van der Waals surface area contributed by atoms with Crippen LogP contribution >= 0.6 is 0 Å². The van der Waals surface area contributed by atoms with Gasteiger partial charge in [-0.3, -0.25) is 4.79 Å². The molecule has 0 aromatic heterocycles. The van der Waals surface area contributed by atoms with Gasteiger partial charge in [0.2, 0.25) is 5.91 Å². The van der Waals surface area contributed by atoms with E-state index in [1.807, 2.05) is 12.1 Å². The van der Waals surface area contributed by atoms with Crippen LogP contribution in [0, 0.1) is 11.3 Å². The molecule has 2 aromatic rings. The van der Waals surface area contributed by atoms with Crippen LogP contribution in [0.2, 0.25) is 0 Å². The summed E-state index contributed by atoms with van der Waals surface area (Å²) in [5.41, 5.74) is -0.169. The fraction of sp³-hybridized carbons (Fsp3) is 0.391. The summed E-state index contributed by atoms with van der Waals surface area (Å²) in [7, 11) is 3.09. The number of carbonyl (C=O) groups excluding carboxylic acids is 1. The molecule has 0 bridgehead atoms. The van der Waals surface area contributed by atoms with Gasteiger partial charge in [0.15, 0.2) is 0 Å². The third kappa shape index (κ3) is 5.32. The number of benzene rings is 2. The van der Waals surface area contributed by atoms with Crippen molar-refractivity contribution in [1.82, 2.24) is 4.90 Å². The van der Waals surface area contributed by atoms with Crippen LogP contribution in [-0.4, -0.2) is 57.3 Å². The topological polar surface area (TPSA) is 65.8 Å². The number of rotatable bonds is 6. The summed E-state index contributed by atoms with van der Waals surface area (Å²) in [6.45, 7) is 1.31. The van der Waals surface area contributed by atoms with Gasteiger partial charge in [-0.1, -0.05) is 12.1 Å². The predicted octanol–water partition coefficient (Wildman–Crippen LogP) is 3.49. The molecule has 2 aromatic carbocycles. The van der Waals surface area contributed by atoms with Crippen molar-refractivity contribution in [3.63, 3.8) is 0 Å². The van der Waals surface area contributed by atoms with E-state index in [9.17, 15) is 18.0 Å². The molecule has 1 aliphatic rings. The van der Waals surface area contributed by atoms with Gasteiger partial charge in [0, 0.05) is 32.4 Å². The van der Waals surface area contributed by atoms with Crippen LogP contribution in [0.1, 0.15) is 16.7 Å². The first kappa shape index (κ1) is 23.4. The summed E-state index contributed by atoms with van der Waals surface area (Å²) in [5, 5.41) is 9.01. The smallest absolute Gasteiger partial charge is 0.417 e. The van der Waals surface area contributed by atoms with Gasteiger partial charge in [-0.05, 0) is 35.9 Å². The highest BCUT2D eigenvalue weighted by Crippen LogP contribution is 2.35. The van der Waals surface area contributed by atoms with Gasteiger partial charge < -0.3 is 19.3 Å². The van der Waals surface area contributed by atoms with Gasteiger partial charge in [0.05, 0.1) is 43.4 Å². The van der Waals surface area contributed by atoms with E-state index in [-0.39, 0.29) is 25.0 Å². The van der Waals surface area contributed by atoms with Crippen molar-refractivity contribution in [2.45, 2.75) is 18.6 Å². The molecule has 0 saturated carbocycles. The molecule has 3 rings (SSSR count). The van der Waals surface area contributed by atoms with E-state index in [1.54, 1.807) is 35.1 Å². The summed E-state index contributed by atoms with van der Waals surface area (Å²) < 4.78 is 50.5. The Kier molecular flexibility index (Phi) is 7.26. The molecule has 1 aliphatic heterocycles. The Balaban J connectivity index is 1.76. The maximum atomic E-state index is 13.4. The summed E-state index contributed by atoms with van der Waals surface area (Å²) in [6.07, 6.45) is -4.41. The Labute approximate surface area is 184 Å². The van der Waals surface area contributed by atoms with Crippen molar-refractivity contribution in [3.05, 3.63) is 59.2 Å². The predicted molar refractivity (Wildman–Crippen MR) is 112 cm³/mol. The van der Waals surface area contributed by atoms with Crippen molar-refractivity contribution in [1.29, 1.82) is 5.26 Å². The van der Waals surface area contributed by atoms with E-state index >= 15 is 0 Å². The number of hydrogen-bond acceptors (Lipinski definition) is 5. The van der Waals surface area contributed by atoms with Crippen LogP contribution in [0.3, 0.4) is 0 Å². The molecule has 1 unspecified atom stereocenters. The minimum atomic E-state index is -4.62. The molecule has 1 heterocycles. The summed E-state index contributed by atoms with van der Waals surface area (Å²) in [4.78, 5) is 16.5. The van der Waals surface area contributed by atoms with E-state index in [1.165, 1.54) is 19.2 Å². The van der Waals surface area contributed by atoms with Gasteiger partial charge in [0.1, 0.15) is 5.75 Å². The van der Waals surface area contributed by atoms with E-state index < -0.39 is 17.3 Å². The number of anilines is 1. The minimum absolute atomic E-state index is 0.0762. The SMILES string of the molecule is COCC1CN(c2ccc(C#N)c(C(F)(F)F)c2)CCN1C(=O)Cc1ccc(OC)cc1. The quantitative estimate of drug-likeness (QED) is 0.678. The first-order chi connectivity index (χ1) is 15.3. The van der Waals surface area contributed by atoms with Gasteiger partial charge in [-0.25, -0.2) is 0 Å². The highest BCUT2D eigenvalue weighted by Gasteiger charge is 2.35. The maximum absolute atomic E-state index is 13.4. The van der Waals surface area contributed by atoms with Gasteiger partial charge in [-0.15, -0.1) is 0 Å². The summed E-state index contributed by atoms with van der Waals surface area (Å²) >= 11 is 0. The number of piperazine rings is 1. The van der Waals surface area contributed by atoms with Crippen LogP contribution < -0.4 is 9.64 Å². The lowest BCUT2D eigenvalue weighted by Gasteiger charge is -2.42. The van der Waals surface area contributed by atoms with Gasteiger partial charge in [-0.2, -0.15) is 18.4 Å². The highest BCUT2D eigenvalue weighted by molar-refractivity contribution is 5.79. The lowest BCUT2D eigenvalue weighted by molar-refractivity contribution is -0.137. The Morgan fingerprint density at radius 3 is 2.47 bits per heavy atom. The van der Waals surface area contributed by atoms with Crippen LogP contribution in [-0.2, 0) is 22.1 Å². The normalized spacial score (nSPS) is 16.6. The number of halogens is 3. The standard InChI is InChI=1S/C23H24F3N3O3/c1-31-15-19-14-28(18-6-5-17(13-27)21(12-18)23(24,25)26)9-10-29(19)22(30)11-16-3-7-20(32-2)8-4-16/h3-8,12,19H,9-11,14-15H2,1-2H3. The molecule has 0 radical (unpaired) electrons. The highest BCUT2D eigenvalue weighted by atomic mass is 19.4. The molecule has 1 atom stereocenters. The number of hydrogen-bond donors (Lipinski definition) is 0. The maximum Gasteiger partial charge on any atom is 0.417 e. The first-order valence-corrected chi connectivity index (χ1v) is 10.0. The van der Waals surface area contributed by atoms with Crippen LogP contribution in [0.4, 0.5) is 18.9 Å². The van der Waals surface area contributed by atoms with Crippen molar-refractivity contribution < 1.29 is 27.4 Å². The number of nitrogens with zero attached hydrogens (tertiary/aromatic N) is 3. The molecule has 32 heavy (non-hydrogen) atoms. The van der Waals surface area contributed by atoms with Crippen molar-refractivity contribution in [2.24, 2.45) is 0 Å². The molecule has 170 valence electrons. The molecule has 0 spiro atoms. The average Bonchev–Trinajstić information content (AvgIpc) is 2.78. The number of amides is 1. The number of carbonyl (C=O) groups is 1. The largest absolute Gasteiger partial charge is 0.497 e. The number of ether oxygens (including phenoxy) is 2. The van der Waals surface area contributed by atoms with E-state index in [0.717, 1.165) is 11.6 Å². The molecule has 6 nitrogen and oxygen atoms in total. The lowest BCUT2D eigenvalue weighted by Crippen LogP contribution is -2.57. The third-order valence-corrected chi connectivity index (χ3v) is 5.47. The zero-order valence-electron chi connectivity index (χ0n) is 17.9. The molecular formula is C23H24F3N3O3. The third-order valence-electron chi connectivity index (χ3n) is 5.47. The fourth-order valence-electron chi connectivity index (χ4n) is 3.83. The zero-order chi connectivity index (χ0) is 23.3. The van der Waals surface area contributed by atoms with Crippen LogP contribution in [0.15, 0.2) is 42.5 Å². The molecule has 9 heteroatoms. The second-order valence-electron chi connectivity index (χ2n) is 7.51. The van der Waals surface area contributed by atoms with Crippen molar-refractivity contribution in [2.75, 3.05) is 45.4 Å². The zero-order valence-corrected chi connectivity index (χ0v) is 17.9. The number of alkyl halides is 3. The van der Waals surface area contributed by atoms with E-state index in [4.69, 9.17) is 14.7 Å². The second kappa shape index (κ2) is 9.92. The van der Waals surface area contributed by atoms with Gasteiger partial charge >= 0.3 is 6.18 Å². The van der Waals surface area contributed by atoms with Crippen LogP contribution in [0.5, 0.6) is 5.75 Å². The molecule has 1 saturated heterocycles. The Morgan fingerprint density at radius 1 is 1.16 bits per heavy atom. The fourth-order valence-corrected chi connectivity index (χ4v) is 3.83. The molecule has 0 aliphatic carbocycles. The van der Waals surface area contributed by atoms with Crippen LogP contribution in [0.25, 0.3) is 0 Å². The van der Waals surface area contributed by atoms with E-state index in [0.29, 0.717) is 31.1 Å². The monoisotopic (exact) mass is 447 g/mol.